The molecule has 1 atom stereocenters. The van der Waals surface area contributed by atoms with Gasteiger partial charge in [0.05, 0.1) is 28.5 Å². The maximum Gasteiger partial charge on any atom is 0.416 e. The number of alkyl halides is 3. The van der Waals surface area contributed by atoms with Gasteiger partial charge < -0.3 is 5.32 Å². The molecule has 2 nitrogen and oxygen atoms in total. The van der Waals surface area contributed by atoms with E-state index in [0.29, 0.717) is 5.56 Å². The fourth-order valence-corrected chi connectivity index (χ4v) is 1.97. The SMILES string of the molecule is CC(Nc1cc(C(F)(F)F)ccc1Cl)c1cncc(F)c1. The molecule has 2 rings (SSSR count). The molecular weight excluding hydrogens is 308 g/mol. The number of rotatable bonds is 3. The third-order valence-electron chi connectivity index (χ3n) is 2.89. The fraction of sp³-hybridized carbons (Fsp3) is 0.214. The van der Waals surface area contributed by atoms with E-state index in [1.165, 1.54) is 18.3 Å². The predicted octanol–water partition coefficient (Wildman–Crippen LogP) is 5.07. The van der Waals surface area contributed by atoms with Crippen LogP contribution in [0.4, 0.5) is 23.2 Å². The van der Waals surface area contributed by atoms with Crippen LogP contribution in [-0.4, -0.2) is 4.98 Å². The molecule has 0 fully saturated rings. The third-order valence-corrected chi connectivity index (χ3v) is 3.22. The van der Waals surface area contributed by atoms with Gasteiger partial charge in [0.1, 0.15) is 5.82 Å². The van der Waals surface area contributed by atoms with Gasteiger partial charge in [-0.05, 0) is 36.8 Å². The summed E-state index contributed by atoms with van der Waals surface area (Å²) in [5.74, 6) is -0.517. The van der Waals surface area contributed by atoms with Crippen LogP contribution in [0.15, 0.2) is 36.7 Å². The molecule has 1 aromatic heterocycles. The van der Waals surface area contributed by atoms with Gasteiger partial charge in [-0.2, -0.15) is 13.2 Å². The lowest BCUT2D eigenvalue weighted by atomic mass is 10.1. The Bertz CT molecular complexity index is 643. The zero-order valence-corrected chi connectivity index (χ0v) is 11.6. The van der Waals surface area contributed by atoms with E-state index in [1.807, 2.05) is 0 Å². The fourth-order valence-electron chi connectivity index (χ4n) is 1.79. The first kappa shape index (κ1) is 15.6. The quantitative estimate of drug-likeness (QED) is 0.800. The van der Waals surface area contributed by atoms with E-state index in [4.69, 9.17) is 11.6 Å². The van der Waals surface area contributed by atoms with Gasteiger partial charge in [0.15, 0.2) is 0 Å². The molecule has 2 aromatic rings. The highest BCUT2D eigenvalue weighted by Crippen LogP contribution is 2.35. The molecule has 1 N–H and O–H groups in total. The second kappa shape index (κ2) is 5.89. The molecule has 1 heterocycles. The van der Waals surface area contributed by atoms with Crippen molar-refractivity contribution in [1.82, 2.24) is 4.98 Å². The van der Waals surface area contributed by atoms with Crippen molar-refractivity contribution in [2.45, 2.75) is 19.1 Å². The lowest BCUT2D eigenvalue weighted by Crippen LogP contribution is -2.10. The van der Waals surface area contributed by atoms with Crippen LogP contribution in [0, 0.1) is 5.82 Å². The summed E-state index contributed by atoms with van der Waals surface area (Å²) in [7, 11) is 0. The molecule has 7 heteroatoms. The van der Waals surface area contributed by atoms with Gasteiger partial charge in [0, 0.05) is 6.20 Å². The summed E-state index contributed by atoms with van der Waals surface area (Å²) < 4.78 is 51.1. The minimum atomic E-state index is -4.45. The van der Waals surface area contributed by atoms with Crippen molar-refractivity contribution < 1.29 is 17.6 Å². The summed E-state index contributed by atoms with van der Waals surface area (Å²) in [5, 5.41) is 2.98. The number of halogens is 5. The molecular formula is C14H11ClF4N2. The number of anilines is 1. The van der Waals surface area contributed by atoms with Crippen LogP contribution in [0.5, 0.6) is 0 Å². The summed E-state index contributed by atoms with van der Waals surface area (Å²) in [6, 6.07) is 3.80. The summed E-state index contributed by atoms with van der Waals surface area (Å²) in [6.45, 7) is 1.67. The van der Waals surface area contributed by atoms with Gasteiger partial charge in [0.25, 0.3) is 0 Å². The standard InChI is InChI=1S/C14H11ClF4N2/c1-8(9-4-11(16)7-20-6-9)21-13-5-10(14(17,18)19)2-3-12(13)15/h2-8,21H,1H3. The number of nitrogens with zero attached hydrogens (tertiary/aromatic N) is 1. The molecule has 0 saturated heterocycles. The third kappa shape index (κ3) is 3.85. The lowest BCUT2D eigenvalue weighted by molar-refractivity contribution is -0.137. The number of aromatic nitrogens is 1. The Kier molecular flexibility index (Phi) is 4.37. The van der Waals surface area contributed by atoms with Crippen molar-refractivity contribution in [3.8, 4) is 0 Å². The van der Waals surface area contributed by atoms with Crippen LogP contribution in [-0.2, 0) is 6.18 Å². The molecule has 112 valence electrons. The van der Waals surface area contributed by atoms with E-state index in [0.717, 1.165) is 18.3 Å². The van der Waals surface area contributed by atoms with Gasteiger partial charge >= 0.3 is 6.18 Å². The summed E-state index contributed by atoms with van der Waals surface area (Å²) in [5.41, 5.74) is -0.175. The molecule has 0 aliphatic heterocycles. The predicted molar refractivity (Wildman–Crippen MR) is 72.7 cm³/mol. The number of hydrogen-bond acceptors (Lipinski definition) is 2. The van der Waals surface area contributed by atoms with Crippen LogP contribution >= 0.6 is 11.6 Å². The lowest BCUT2D eigenvalue weighted by Gasteiger charge is -2.18. The van der Waals surface area contributed by atoms with Crippen molar-refractivity contribution >= 4 is 17.3 Å². The minimum absolute atomic E-state index is 0.128. The molecule has 1 unspecified atom stereocenters. The van der Waals surface area contributed by atoms with E-state index in [9.17, 15) is 17.6 Å². The first-order valence-electron chi connectivity index (χ1n) is 6.01. The largest absolute Gasteiger partial charge is 0.416 e. The van der Waals surface area contributed by atoms with Crippen LogP contribution in [0.2, 0.25) is 5.02 Å². The molecule has 21 heavy (non-hydrogen) atoms. The van der Waals surface area contributed by atoms with Gasteiger partial charge in [-0.25, -0.2) is 4.39 Å². The van der Waals surface area contributed by atoms with Gasteiger partial charge in [-0.1, -0.05) is 11.6 Å². The minimum Gasteiger partial charge on any atom is -0.377 e. The number of benzene rings is 1. The first-order valence-corrected chi connectivity index (χ1v) is 6.39. The molecule has 0 amide bonds. The van der Waals surface area contributed by atoms with Crippen LogP contribution in [0.25, 0.3) is 0 Å². The Morgan fingerprint density at radius 3 is 2.52 bits per heavy atom. The monoisotopic (exact) mass is 318 g/mol. The number of hydrogen-bond donors (Lipinski definition) is 1. The van der Waals surface area contributed by atoms with Crippen LogP contribution in [0.3, 0.4) is 0 Å². The highest BCUT2D eigenvalue weighted by atomic mass is 35.5. The zero-order valence-electron chi connectivity index (χ0n) is 10.9. The van der Waals surface area contributed by atoms with Crippen molar-refractivity contribution in [3.05, 3.63) is 58.6 Å². The van der Waals surface area contributed by atoms with Crippen LogP contribution < -0.4 is 5.32 Å². The van der Waals surface area contributed by atoms with Gasteiger partial charge in [-0.3, -0.25) is 4.98 Å². The molecule has 1 aromatic carbocycles. The molecule has 0 radical (unpaired) electrons. The van der Waals surface area contributed by atoms with Crippen molar-refractivity contribution in [2.24, 2.45) is 0 Å². The first-order chi connectivity index (χ1) is 9.77. The molecule has 0 aliphatic rings. The Morgan fingerprint density at radius 2 is 1.90 bits per heavy atom. The molecule has 0 bridgehead atoms. The number of nitrogens with one attached hydrogen (secondary N) is 1. The van der Waals surface area contributed by atoms with E-state index in [2.05, 4.69) is 10.3 Å². The van der Waals surface area contributed by atoms with Gasteiger partial charge in [0.2, 0.25) is 0 Å². The maximum atomic E-state index is 13.1. The summed E-state index contributed by atoms with van der Waals surface area (Å²) >= 11 is 5.89. The molecule has 0 aliphatic carbocycles. The average Bonchev–Trinajstić information content (AvgIpc) is 2.40. The Balaban J connectivity index is 2.26. The molecule has 0 spiro atoms. The highest BCUT2D eigenvalue weighted by Gasteiger charge is 2.31. The second-order valence-corrected chi connectivity index (χ2v) is 4.90. The van der Waals surface area contributed by atoms with Crippen LogP contribution in [0.1, 0.15) is 24.1 Å². The summed E-state index contributed by atoms with van der Waals surface area (Å²) in [4.78, 5) is 3.70. The average molecular weight is 319 g/mol. The Hall–Kier alpha value is -1.82. The normalized spacial score (nSPS) is 13.0. The van der Waals surface area contributed by atoms with Crippen molar-refractivity contribution in [2.75, 3.05) is 5.32 Å². The number of pyridine rings is 1. The molecule has 0 saturated carbocycles. The summed E-state index contributed by atoms with van der Waals surface area (Å²) in [6.07, 6.45) is -1.97. The smallest absolute Gasteiger partial charge is 0.377 e. The Morgan fingerprint density at radius 1 is 1.19 bits per heavy atom. The highest BCUT2D eigenvalue weighted by molar-refractivity contribution is 6.33. The van der Waals surface area contributed by atoms with E-state index in [-0.39, 0.29) is 10.7 Å². The van der Waals surface area contributed by atoms with E-state index in [1.54, 1.807) is 6.92 Å². The zero-order chi connectivity index (χ0) is 15.6. The van der Waals surface area contributed by atoms with Crippen molar-refractivity contribution in [3.63, 3.8) is 0 Å². The van der Waals surface area contributed by atoms with E-state index >= 15 is 0 Å². The second-order valence-electron chi connectivity index (χ2n) is 4.49. The van der Waals surface area contributed by atoms with Gasteiger partial charge in [-0.15, -0.1) is 0 Å². The maximum absolute atomic E-state index is 13.1. The topological polar surface area (TPSA) is 24.9 Å². The Labute approximate surface area is 123 Å². The van der Waals surface area contributed by atoms with Crippen molar-refractivity contribution in [1.29, 1.82) is 0 Å². The van der Waals surface area contributed by atoms with E-state index < -0.39 is 23.6 Å².